The number of carboxylic acids is 5. The fourth-order valence-electron chi connectivity index (χ4n) is 5.26. The standard InChI is InChI=1S/5C8H16O2.15C3H8O3/c5*1-2-3-4-5-6-7-8(9)10;15*4-1-3(6)2-5/h5*2-7H2,1H3,(H,9,10);15*3-6H,1-2H2. The lowest BCUT2D eigenvalue weighted by Crippen LogP contribution is -2.15. The molecule has 0 aromatic carbocycles. The molecule has 0 fully saturated rings. The zero-order valence-corrected chi connectivity index (χ0v) is 83.0. The van der Waals surface area contributed by atoms with Crippen molar-refractivity contribution in [2.24, 2.45) is 0 Å². The maximum atomic E-state index is 10.0. The summed E-state index contributed by atoms with van der Waals surface area (Å²) in [4.78, 5) is 50.2. The van der Waals surface area contributed by atoms with Gasteiger partial charge in [0, 0.05) is 32.1 Å². The van der Waals surface area contributed by atoms with Crippen LogP contribution in [0.5, 0.6) is 0 Å². The van der Waals surface area contributed by atoms with E-state index in [9.17, 15) is 24.0 Å². The van der Waals surface area contributed by atoms with Crippen LogP contribution in [0.15, 0.2) is 0 Å². The number of carbonyl (C=O) groups is 5. The van der Waals surface area contributed by atoms with Crippen LogP contribution in [0.4, 0.5) is 0 Å². The van der Waals surface area contributed by atoms with Gasteiger partial charge in [0.2, 0.25) is 0 Å². The van der Waals surface area contributed by atoms with Gasteiger partial charge in [0.15, 0.2) is 0 Å². The number of unbranched alkanes of at least 4 members (excludes halogenated alkanes) is 20. The van der Waals surface area contributed by atoms with Crippen LogP contribution in [-0.4, -0.2) is 575 Å². The highest BCUT2D eigenvalue weighted by atomic mass is 16.4. The van der Waals surface area contributed by atoms with E-state index in [1.165, 1.54) is 96.3 Å². The van der Waals surface area contributed by atoms with E-state index >= 15 is 0 Å². The van der Waals surface area contributed by atoms with Gasteiger partial charge in [0.1, 0.15) is 91.6 Å². The summed E-state index contributed by atoms with van der Waals surface area (Å²) >= 11 is 0. The highest BCUT2D eigenvalue weighted by Gasteiger charge is 2.05. The Bertz CT molecular complexity index is 1530. The van der Waals surface area contributed by atoms with Crippen molar-refractivity contribution in [2.45, 2.75) is 319 Å². The molecule has 0 aliphatic heterocycles. The maximum absolute atomic E-state index is 10.0. The van der Waals surface area contributed by atoms with Crippen molar-refractivity contribution < 1.29 is 279 Å². The smallest absolute Gasteiger partial charge is 0.303 e. The molecule has 55 nitrogen and oxygen atoms in total. The van der Waals surface area contributed by atoms with Crippen LogP contribution in [-0.2, 0) is 24.0 Å². The number of hydrogen-bond acceptors (Lipinski definition) is 50. The van der Waals surface area contributed by atoms with Crippen molar-refractivity contribution in [2.75, 3.05) is 198 Å². The highest BCUT2D eigenvalue weighted by molar-refractivity contribution is 5.67. The van der Waals surface area contributed by atoms with E-state index in [4.69, 9.17) is 255 Å². The summed E-state index contributed by atoms with van der Waals surface area (Å²) in [7, 11) is 0. The zero-order chi connectivity index (χ0) is 114. The van der Waals surface area contributed by atoms with E-state index < -0.39 is 121 Å². The van der Waals surface area contributed by atoms with E-state index in [1.54, 1.807) is 0 Å². The average Bonchev–Trinajstić information content (AvgIpc) is 1.12. The Labute approximate surface area is 823 Å². The molecule has 0 atom stereocenters. The second-order valence-corrected chi connectivity index (χ2v) is 28.1. The van der Waals surface area contributed by atoms with Gasteiger partial charge in [-0.3, -0.25) is 24.0 Å². The molecule has 0 aliphatic carbocycles. The fourth-order valence-corrected chi connectivity index (χ4v) is 5.26. The Hall–Kier alpha value is -4.45. The van der Waals surface area contributed by atoms with Crippen LogP contribution in [0, 0.1) is 0 Å². The van der Waals surface area contributed by atoms with Gasteiger partial charge >= 0.3 is 29.8 Å². The summed E-state index contributed by atoms with van der Waals surface area (Å²) < 4.78 is 0. The van der Waals surface area contributed by atoms with E-state index in [2.05, 4.69) is 34.6 Å². The first-order valence-electron chi connectivity index (χ1n) is 45.5. The molecule has 0 saturated carbocycles. The molecule has 0 heterocycles. The van der Waals surface area contributed by atoms with Crippen molar-refractivity contribution in [1.29, 1.82) is 0 Å². The highest BCUT2D eigenvalue weighted by Crippen LogP contribution is 2.08. The molecule has 0 aromatic heterocycles. The summed E-state index contributed by atoms with van der Waals surface area (Å²) in [6.07, 6.45) is 15.1. The summed E-state index contributed by atoms with van der Waals surface area (Å²) in [5, 5.41) is 402. The molecule has 0 aromatic rings. The van der Waals surface area contributed by atoms with E-state index in [1.807, 2.05) is 0 Å². The van der Waals surface area contributed by atoms with Crippen LogP contribution in [0.2, 0.25) is 0 Å². The molecule has 0 rings (SSSR count). The van der Waals surface area contributed by atoms with Gasteiger partial charge in [-0.2, -0.15) is 0 Å². The number of aliphatic hydroxyl groups excluding tert-OH is 45. The van der Waals surface area contributed by atoms with Gasteiger partial charge in [-0.15, -0.1) is 0 Å². The van der Waals surface area contributed by atoms with Gasteiger partial charge in [0.05, 0.1) is 198 Å². The average molecular weight is 2100 g/mol. The first-order valence-corrected chi connectivity index (χ1v) is 45.5. The largest absolute Gasteiger partial charge is 0.481 e. The number of hydrogen-bond donors (Lipinski definition) is 50. The summed E-state index contributed by atoms with van der Waals surface area (Å²) in [6.45, 7) is -0.188. The van der Waals surface area contributed by atoms with Crippen molar-refractivity contribution in [3.63, 3.8) is 0 Å². The molecule has 870 valence electrons. The Balaban J connectivity index is -0.0000000604. The molecule has 55 heteroatoms. The summed E-state index contributed by atoms with van der Waals surface area (Å²) in [6, 6.07) is 0. The Morgan fingerprint density at radius 1 is 0.121 bits per heavy atom. The number of aliphatic carboxylic acids is 5. The quantitative estimate of drug-likeness (QED) is 0.0251. The predicted octanol–water partition coefficient (Wildman–Crippen LogP) is -12.9. The second-order valence-electron chi connectivity index (χ2n) is 28.1. The van der Waals surface area contributed by atoms with Crippen molar-refractivity contribution in [3.05, 3.63) is 0 Å². The van der Waals surface area contributed by atoms with Crippen molar-refractivity contribution >= 4 is 29.8 Å². The van der Waals surface area contributed by atoms with Crippen LogP contribution in [0.25, 0.3) is 0 Å². The second kappa shape index (κ2) is 180. The third kappa shape index (κ3) is 286. The molecule has 0 aliphatic rings. The minimum Gasteiger partial charge on any atom is -0.481 e. The molecule has 0 unspecified atom stereocenters. The Morgan fingerprint density at radius 2 is 0.179 bits per heavy atom. The number of rotatable bonds is 60. The van der Waals surface area contributed by atoms with Crippen molar-refractivity contribution in [3.8, 4) is 0 Å². The number of aliphatic hydroxyl groups is 45. The minimum absolute atomic E-state index is 0.337. The predicted molar refractivity (Wildman–Crippen MR) is 508 cm³/mol. The third-order valence-electron chi connectivity index (χ3n) is 13.8. The normalized spacial score (nSPS) is 9.89. The summed E-state index contributed by atoms with van der Waals surface area (Å²) in [5.41, 5.74) is 0. The van der Waals surface area contributed by atoms with Crippen LogP contribution in [0.1, 0.15) is 227 Å². The fraction of sp³-hybridized carbons (Fsp3) is 0.941. The molecule has 50 N–H and O–H groups in total. The van der Waals surface area contributed by atoms with Gasteiger partial charge in [-0.1, -0.05) is 163 Å². The summed E-state index contributed by atoms with van der Waals surface area (Å²) in [5.74, 6) is -3.35. The molecule has 0 bridgehead atoms. The first-order chi connectivity index (χ1) is 66.0. The lowest BCUT2D eigenvalue weighted by Gasteiger charge is -1.96. The monoisotopic (exact) mass is 2100 g/mol. The molecule has 0 amide bonds. The van der Waals surface area contributed by atoms with Gasteiger partial charge in [0.25, 0.3) is 0 Å². The van der Waals surface area contributed by atoms with Crippen LogP contribution in [0.3, 0.4) is 0 Å². The molecular formula is C85H200O55. The topological polar surface area (TPSA) is 1100 Å². The zero-order valence-electron chi connectivity index (χ0n) is 83.0. The Morgan fingerprint density at radius 3 is 0.214 bits per heavy atom. The SMILES string of the molecule is CCCCCCCC(=O)O.CCCCCCCC(=O)O.CCCCCCCC(=O)O.CCCCCCCC(=O)O.CCCCCCCC(=O)O.OCC(O)CO.OCC(O)CO.OCC(O)CO.OCC(O)CO.OCC(O)CO.OCC(O)CO.OCC(O)CO.OCC(O)CO.OCC(O)CO.OCC(O)CO.OCC(O)CO.OCC(O)CO.OCC(O)CO.OCC(O)CO.OCC(O)CO. The molecule has 0 spiro atoms. The lowest BCUT2D eigenvalue weighted by molar-refractivity contribution is -0.138. The Kier molecular flexibility index (Phi) is 236. The van der Waals surface area contributed by atoms with Gasteiger partial charge < -0.3 is 255 Å². The maximum Gasteiger partial charge on any atom is 0.303 e. The van der Waals surface area contributed by atoms with E-state index in [0.717, 1.165) is 64.2 Å². The molecule has 0 saturated heterocycles. The van der Waals surface area contributed by atoms with Crippen molar-refractivity contribution in [1.82, 2.24) is 0 Å². The lowest BCUT2D eigenvalue weighted by atomic mass is 10.1. The van der Waals surface area contributed by atoms with E-state index in [-0.39, 0.29) is 198 Å². The van der Waals surface area contributed by atoms with Gasteiger partial charge in [-0.05, 0) is 32.1 Å². The molecular weight excluding hydrogens is 1900 g/mol. The number of carboxylic acid groups (broad SMARTS) is 5. The van der Waals surface area contributed by atoms with Crippen LogP contribution < -0.4 is 0 Å². The van der Waals surface area contributed by atoms with Crippen LogP contribution >= 0.6 is 0 Å². The van der Waals surface area contributed by atoms with Gasteiger partial charge in [-0.25, -0.2) is 0 Å². The van der Waals surface area contributed by atoms with E-state index in [0.29, 0.717) is 32.1 Å². The minimum atomic E-state index is -0.954. The third-order valence-corrected chi connectivity index (χ3v) is 13.8. The molecule has 140 heavy (non-hydrogen) atoms. The first kappa shape index (κ1) is 184. The molecule has 0 radical (unpaired) electrons.